The van der Waals surface area contributed by atoms with Gasteiger partial charge < -0.3 is 14.7 Å². The number of aliphatic hydroxyl groups excluding tert-OH is 1. The lowest BCUT2D eigenvalue weighted by molar-refractivity contribution is -0.127. The zero-order valence-electron chi connectivity index (χ0n) is 14.1. The van der Waals surface area contributed by atoms with Crippen molar-refractivity contribution < 1.29 is 14.6 Å². The molecule has 0 saturated carbocycles. The van der Waals surface area contributed by atoms with E-state index in [2.05, 4.69) is 0 Å². The highest BCUT2D eigenvalue weighted by molar-refractivity contribution is 5.91. The normalized spacial score (nSPS) is 10.8. The van der Waals surface area contributed by atoms with Gasteiger partial charge in [-0.2, -0.15) is 0 Å². The van der Waals surface area contributed by atoms with Crippen LogP contribution in [0.5, 0.6) is 5.75 Å². The summed E-state index contributed by atoms with van der Waals surface area (Å²) in [5.74, 6) is 0.589. The number of carbonyl (C=O) groups is 1. The summed E-state index contributed by atoms with van der Waals surface area (Å²) in [5.41, 5.74) is 3.05. The molecule has 2 aromatic rings. The van der Waals surface area contributed by atoms with E-state index in [1.165, 1.54) is 11.6 Å². The molecule has 0 aliphatic rings. The third-order valence-electron chi connectivity index (χ3n) is 3.73. The van der Waals surface area contributed by atoms with Gasteiger partial charge in [-0.15, -0.1) is 0 Å². The van der Waals surface area contributed by atoms with Crippen molar-refractivity contribution in [1.29, 1.82) is 0 Å². The van der Waals surface area contributed by atoms with Crippen molar-refractivity contribution in [3.8, 4) is 5.75 Å². The summed E-state index contributed by atoms with van der Waals surface area (Å²) in [5, 5.41) is 9.26. The number of aryl methyl sites for hydroxylation is 1. The number of hydrogen-bond acceptors (Lipinski definition) is 3. The predicted molar refractivity (Wildman–Crippen MR) is 95.7 cm³/mol. The lowest BCUT2D eigenvalue weighted by Gasteiger charge is -2.21. The molecule has 0 spiro atoms. The molecular formula is C20H23NO3. The van der Waals surface area contributed by atoms with E-state index in [-0.39, 0.29) is 19.1 Å². The SMILES string of the molecule is COc1ccccc1CN(CCO)C(=O)/C=C/c1ccc(C)cc1. The van der Waals surface area contributed by atoms with Gasteiger partial charge >= 0.3 is 0 Å². The second-order valence-corrected chi connectivity index (χ2v) is 5.54. The molecule has 1 N–H and O–H groups in total. The van der Waals surface area contributed by atoms with Gasteiger partial charge in [0.15, 0.2) is 0 Å². The quantitative estimate of drug-likeness (QED) is 0.796. The maximum Gasteiger partial charge on any atom is 0.246 e. The van der Waals surface area contributed by atoms with Crippen molar-refractivity contribution in [3.05, 3.63) is 71.3 Å². The van der Waals surface area contributed by atoms with Crippen LogP contribution in [-0.4, -0.2) is 36.2 Å². The van der Waals surface area contributed by atoms with Crippen LogP contribution in [0.15, 0.2) is 54.6 Å². The Kier molecular flexibility index (Phi) is 6.58. The molecule has 0 aromatic heterocycles. The van der Waals surface area contributed by atoms with Crippen LogP contribution >= 0.6 is 0 Å². The molecular weight excluding hydrogens is 302 g/mol. The van der Waals surface area contributed by atoms with Crippen molar-refractivity contribution in [1.82, 2.24) is 4.90 Å². The zero-order valence-corrected chi connectivity index (χ0v) is 14.1. The molecule has 0 heterocycles. The molecule has 0 aliphatic carbocycles. The van der Waals surface area contributed by atoms with Gasteiger partial charge in [0.25, 0.3) is 0 Å². The lowest BCUT2D eigenvalue weighted by Crippen LogP contribution is -2.31. The third kappa shape index (κ3) is 4.96. The predicted octanol–water partition coefficient (Wildman–Crippen LogP) is 3.04. The third-order valence-corrected chi connectivity index (χ3v) is 3.73. The minimum absolute atomic E-state index is 0.0841. The largest absolute Gasteiger partial charge is 0.496 e. The summed E-state index contributed by atoms with van der Waals surface area (Å²) in [4.78, 5) is 14.1. The number of hydrogen-bond donors (Lipinski definition) is 1. The van der Waals surface area contributed by atoms with E-state index in [0.29, 0.717) is 6.54 Å². The fourth-order valence-corrected chi connectivity index (χ4v) is 2.38. The number of methoxy groups -OCH3 is 1. The number of carbonyl (C=O) groups excluding carboxylic acids is 1. The highest BCUT2D eigenvalue weighted by atomic mass is 16.5. The maximum atomic E-state index is 12.5. The molecule has 1 amide bonds. The van der Waals surface area contributed by atoms with Crippen LogP contribution in [0.2, 0.25) is 0 Å². The molecule has 0 radical (unpaired) electrons. The highest BCUT2D eigenvalue weighted by Gasteiger charge is 2.13. The minimum atomic E-state index is -0.143. The van der Waals surface area contributed by atoms with Gasteiger partial charge in [0.05, 0.1) is 13.7 Å². The molecule has 0 atom stereocenters. The van der Waals surface area contributed by atoms with Crippen LogP contribution in [0, 0.1) is 6.92 Å². The van der Waals surface area contributed by atoms with Gasteiger partial charge in [-0.25, -0.2) is 0 Å². The van der Waals surface area contributed by atoms with E-state index in [4.69, 9.17) is 4.74 Å². The van der Waals surface area contributed by atoms with Crippen molar-refractivity contribution >= 4 is 12.0 Å². The molecule has 4 nitrogen and oxygen atoms in total. The number of ether oxygens (including phenoxy) is 1. The van der Waals surface area contributed by atoms with Crippen LogP contribution in [0.4, 0.5) is 0 Å². The fourth-order valence-electron chi connectivity index (χ4n) is 2.38. The van der Waals surface area contributed by atoms with Crippen LogP contribution in [-0.2, 0) is 11.3 Å². The molecule has 0 fully saturated rings. The van der Waals surface area contributed by atoms with E-state index in [0.717, 1.165) is 16.9 Å². The molecule has 0 bridgehead atoms. The first-order valence-corrected chi connectivity index (χ1v) is 7.90. The molecule has 4 heteroatoms. The Bertz CT molecular complexity index is 692. The first kappa shape index (κ1) is 17.8. The molecule has 0 aliphatic heterocycles. The number of aliphatic hydroxyl groups is 1. The Hall–Kier alpha value is -2.59. The molecule has 0 saturated heterocycles. The zero-order chi connectivity index (χ0) is 17.4. The molecule has 2 rings (SSSR count). The van der Waals surface area contributed by atoms with Crippen molar-refractivity contribution in [2.75, 3.05) is 20.3 Å². The Morgan fingerprint density at radius 1 is 1.17 bits per heavy atom. The Morgan fingerprint density at radius 2 is 1.88 bits per heavy atom. The number of para-hydroxylation sites is 1. The van der Waals surface area contributed by atoms with E-state index < -0.39 is 0 Å². The Labute approximate surface area is 143 Å². The summed E-state index contributed by atoms with van der Waals surface area (Å²) in [6.07, 6.45) is 3.32. The van der Waals surface area contributed by atoms with Gasteiger partial charge in [-0.1, -0.05) is 48.0 Å². The average molecular weight is 325 g/mol. The van der Waals surface area contributed by atoms with E-state index in [9.17, 15) is 9.90 Å². The monoisotopic (exact) mass is 325 g/mol. The summed E-state index contributed by atoms with van der Waals surface area (Å²) < 4.78 is 5.33. The fraction of sp³-hybridized carbons (Fsp3) is 0.250. The first-order chi connectivity index (χ1) is 11.6. The second kappa shape index (κ2) is 8.89. The molecule has 126 valence electrons. The number of amides is 1. The smallest absolute Gasteiger partial charge is 0.246 e. The van der Waals surface area contributed by atoms with E-state index in [1.807, 2.05) is 55.5 Å². The van der Waals surface area contributed by atoms with Gasteiger partial charge in [0.1, 0.15) is 5.75 Å². The lowest BCUT2D eigenvalue weighted by atomic mass is 10.1. The summed E-state index contributed by atoms with van der Waals surface area (Å²) in [7, 11) is 1.61. The van der Waals surface area contributed by atoms with Crippen LogP contribution in [0.25, 0.3) is 6.08 Å². The van der Waals surface area contributed by atoms with Gasteiger partial charge in [-0.3, -0.25) is 4.79 Å². The maximum absolute atomic E-state index is 12.5. The topological polar surface area (TPSA) is 49.8 Å². The number of nitrogens with zero attached hydrogens (tertiary/aromatic N) is 1. The van der Waals surface area contributed by atoms with E-state index in [1.54, 1.807) is 18.1 Å². The van der Waals surface area contributed by atoms with Gasteiger partial charge in [-0.05, 0) is 24.6 Å². The van der Waals surface area contributed by atoms with Crippen molar-refractivity contribution in [2.45, 2.75) is 13.5 Å². The Morgan fingerprint density at radius 3 is 2.54 bits per heavy atom. The van der Waals surface area contributed by atoms with Crippen LogP contribution in [0.1, 0.15) is 16.7 Å². The van der Waals surface area contributed by atoms with Crippen molar-refractivity contribution in [3.63, 3.8) is 0 Å². The Balaban J connectivity index is 2.11. The van der Waals surface area contributed by atoms with E-state index >= 15 is 0 Å². The van der Waals surface area contributed by atoms with Crippen molar-refractivity contribution in [2.24, 2.45) is 0 Å². The number of benzene rings is 2. The summed E-state index contributed by atoms with van der Waals surface area (Å²) >= 11 is 0. The molecule has 24 heavy (non-hydrogen) atoms. The number of rotatable bonds is 7. The first-order valence-electron chi connectivity index (χ1n) is 7.90. The summed E-state index contributed by atoms with van der Waals surface area (Å²) in [6.45, 7) is 2.60. The van der Waals surface area contributed by atoms with Gasteiger partial charge in [0.2, 0.25) is 5.91 Å². The average Bonchev–Trinajstić information content (AvgIpc) is 2.61. The van der Waals surface area contributed by atoms with Crippen LogP contribution in [0.3, 0.4) is 0 Å². The standard InChI is InChI=1S/C20H23NO3/c1-16-7-9-17(10-8-16)11-12-20(23)21(13-14-22)15-18-5-3-4-6-19(18)24-2/h3-12,22H,13-15H2,1-2H3/b12-11+. The minimum Gasteiger partial charge on any atom is -0.496 e. The molecule has 2 aromatic carbocycles. The molecule has 0 unspecified atom stereocenters. The van der Waals surface area contributed by atoms with Gasteiger partial charge in [0, 0.05) is 24.7 Å². The van der Waals surface area contributed by atoms with Crippen LogP contribution < -0.4 is 4.74 Å². The summed E-state index contributed by atoms with van der Waals surface area (Å²) in [6, 6.07) is 15.5. The highest BCUT2D eigenvalue weighted by Crippen LogP contribution is 2.19. The second-order valence-electron chi connectivity index (χ2n) is 5.54.